The van der Waals surface area contributed by atoms with Crippen LogP contribution in [0.3, 0.4) is 0 Å². The Morgan fingerprint density at radius 2 is 1.06 bits per heavy atom. The molecule has 0 fully saturated rings. The van der Waals surface area contributed by atoms with Gasteiger partial charge in [-0.2, -0.15) is 0 Å². The lowest BCUT2D eigenvalue weighted by Crippen LogP contribution is -2.01. The molecule has 0 spiro atoms. The largest absolute Gasteiger partial charge is 0.0654 e. The van der Waals surface area contributed by atoms with Crippen LogP contribution in [0.5, 0.6) is 0 Å². The molecule has 0 aromatic carbocycles. The Morgan fingerprint density at radius 3 is 1.50 bits per heavy atom. The van der Waals surface area contributed by atoms with Gasteiger partial charge in [-0.1, -0.05) is 91.9 Å². The number of rotatable bonds is 11. The molecule has 0 heterocycles. The molecule has 0 saturated carbocycles. The maximum Gasteiger partial charge on any atom is -0.0414 e. The summed E-state index contributed by atoms with van der Waals surface area (Å²) in [4.78, 5) is 0. The van der Waals surface area contributed by atoms with E-state index in [0.717, 1.165) is 11.8 Å². The van der Waals surface area contributed by atoms with Crippen molar-refractivity contribution >= 4 is 0 Å². The Morgan fingerprint density at radius 1 is 0.625 bits per heavy atom. The van der Waals surface area contributed by atoms with E-state index in [2.05, 4.69) is 27.7 Å². The van der Waals surface area contributed by atoms with Gasteiger partial charge in [-0.15, -0.1) is 0 Å². The maximum atomic E-state index is 2.34. The van der Waals surface area contributed by atoms with Gasteiger partial charge in [-0.25, -0.2) is 0 Å². The molecule has 0 aliphatic carbocycles. The Kier molecular flexibility index (Phi) is 11.5. The van der Waals surface area contributed by atoms with Crippen LogP contribution in [-0.2, 0) is 0 Å². The SMILES string of the molecule is CCCCC(CCCC)CCCCC(C)C. The molecule has 0 aliphatic rings. The summed E-state index contributed by atoms with van der Waals surface area (Å²) < 4.78 is 0. The van der Waals surface area contributed by atoms with Crippen molar-refractivity contribution in [1.82, 2.24) is 0 Å². The van der Waals surface area contributed by atoms with Crippen LogP contribution in [0, 0.1) is 11.8 Å². The monoisotopic (exact) mass is 226 g/mol. The van der Waals surface area contributed by atoms with E-state index >= 15 is 0 Å². The minimum atomic E-state index is 0.893. The molecule has 0 unspecified atom stereocenters. The van der Waals surface area contributed by atoms with E-state index in [1.54, 1.807) is 0 Å². The zero-order chi connectivity index (χ0) is 12.2. The average Bonchev–Trinajstić information content (AvgIpc) is 2.26. The first-order valence-corrected chi connectivity index (χ1v) is 7.70. The molecule has 16 heavy (non-hydrogen) atoms. The molecule has 0 heteroatoms. The Bertz CT molecular complexity index is 118. The van der Waals surface area contributed by atoms with Gasteiger partial charge >= 0.3 is 0 Å². The van der Waals surface area contributed by atoms with Crippen molar-refractivity contribution in [1.29, 1.82) is 0 Å². The molecular formula is C16H34. The predicted octanol–water partition coefficient (Wildman–Crippen LogP) is 6.20. The van der Waals surface area contributed by atoms with E-state index in [1.165, 1.54) is 64.2 Å². The van der Waals surface area contributed by atoms with E-state index in [0.29, 0.717) is 0 Å². The van der Waals surface area contributed by atoms with Crippen LogP contribution in [0.15, 0.2) is 0 Å². The van der Waals surface area contributed by atoms with Gasteiger partial charge in [-0.3, -0.25) is 0 Å². The average molecular weight is 226 g/mol. The molecule has 0 aromatic heterocycles. The van der Waals surface area contributed by atoms with Crippen molar-refractivity contribution in [2.75, 3.05) is 0 Å². The molecule has 0 amide bonds. The first-order chi connectivity index (χ1) is 7.70. The summed E-state index contributed by atoms with van der Waals surface area (Å²) in [5, 5.41) is 0. The van der Waals surface area contributed by atoms with Gasteiger partial charge in [0.2, 0.25) is 0 Å². The first-order valence-electron chi connectivity index (χ1n) is 7.70. The van der Waals surface area contributed by atoms with Crippen LogP contribution in [0.25, 0.3) is 0 Å². The number of hydrogen-bond donors (Lipinski definition) is 0. The molecule has 0 radical (unpaired) electrons. The van der Waals surface area contributed by atoms with Crippen molar-refractivity contribution in [2.24, 2.45) is 11.8 Å². The third-order valence-corrected chi connectivity index (χ3v) is 3.58. The third-order valence-electron chi connectivity index (χ3n) is 3.58. The van der Waals surface area contributed by atoms with E-state index in [1.807, 2.05) is 0 Å². The maximum absolute atomic E-state index is 2.34. The molecular weight excluding hydrogens is 192 g/mol. The smallest absolute Gasteiger partial charge is 0.0414 e. The summed E-state index contributed by atoms with van der Waals surface area (Å²) in [5.74, 6) is 1.93. The summed E-state index contributed by atoms with van der Waals surface area (Å²) in [6.45, 7) is 9.31. The van der Waals surface area contributed by atoms with E-state index in [4.69, 9.17) is 0 Å². The fourth-order valence-corrected chi connectivity index (χ4v) is 2.40. The lowest BCUT2D eigenvalue weighted by molar-refractivity contribution is 0.372. The highest BCUT2D eigenvalue weighted by Gasteiger charge is 2.07. The zero-order valence-electron chi connectivity index (χ0n) is 12.2. The molecule has 0 aromatic rings. The van der Waals surface area contributed by atoms with Crippen molar-refractivity contribution in [3.63, 3.8) is 0 Å². The molecule has 0 N–H and O–H groups in total. The van der Waals surface area contributed by atoms with Crippen LogP contribution in [0.4, 0.5) is 0 Å². The van der Waals surface area contributed by atoms with Gasteiger partial charge < -0.3 is 0 Å². The van der Waals surface area contributed by atoms with Gasteiger partial charge in [0.15, 0.2) is 0 Å². The lowest BCUT2D eigenvalue weighted by atomic mass is 9.90. The molecule has 0 saturated heterocycles. The van der Waals surface area contributed by atoms with Crippen molar-refractivity contribution < 1.29 is 0 Å². The van der Waals surface area contributed by atoms with Gasteiger partial charge in [-0.05, 0) is 11.8 Å². The topological polar surface area (TPSA) is 0 Å². The summed E-state index contributed by atoms with van der Waals surface area (Å²) in [6, 6.07) is 0. The Balaban J connectivity index is 3.56. The van der Waals surface area contributed by atoms with Gasteiger partial charge in [0, 0.05) is 0 Å². The first kappa shape index (κ1) is 16.0. The zero-order valence-corrected chi connectivity index (χ0v) is 12.2. The highest BCUT2D eigenvalue weighted by atomic mass is 14.1. The molecule has 0 atom stereocenters. The van der Waals surface area contributed by atoms with Gasteiger partial charge in [0.1, 0.15) is 0 Å². The van der Waals surface area contributed by atoms with E-state index in [-0.39, 0.29) is 0 Å². The fraction of sp³-hybridized carbons (Fsp3) is 1.00. The van der Waals surface area contributed by atoms with Crippen LogP contribution >= 0.6 is 0 Å². The molecule has 0 bridgehead atoms. The fourth-order valence-electron chi connectivity index (χ4n) is 2.40. The quantitative estimate of drug-likeness (QED) is 0.368. The van der Waals surface area contributed by atoms with Gasteiger partial charge in [0.25, 0.3) is 0 Å². The highest BCUT2D eigenvalue weighted by molar-refractivity contribution is 4.60. The second-order valence-electron chi connectivity index (χ2n) is 5.83. The lowest BCUT2D eigenvalue weighted by Gasteiger charge is -2.16. The van der Waals surface area contributed by atoms with Crippen LogP contribution < -0.4 is 0 Å². The second-order valence-corrected chi connectivity index (χ2v) is 5.83. The number of hydrogen-bond acceptors (Lipinski definition) is 0. The van der Waals surface area contributed by atoms with Gasteiger partial charge in [0.05, 0.1) is 0 Å². The Hall–Kier alpha value is 0. The van der Waals surface area contributed by atoms with E-state index in [9.17, 15) is 0 Å². The molecule has 0 nitrogen and oxygen atoms in total. The Labute approximate surface area is 104 Å². The normalized spacial score (nSPS) is 11.6. The minimum Gasteiger partial charge on any atom is -0.0654 e. The summed E-state index contributed by atoms with van der Waals surface area (Å²) in [5.41, 5.74) is 0. The standard InChI is InChI=1S/C16H34/c1-5-7-12-16(13-8-6-2)14-10-9-11-15(3)4/h15-16H,5-14H2,1-4H3. The minimum absolute atomic E-state index is 0.893. The van der Waals surface area contributed by atoms with Crippen LogP contribution in [0.1, 0.15) is 91.9 Å². The third kappa shape index (κ3) is 10.5. The summed E-state index contributed by atoms with van der Waals surface area (Å²) in [7, 11) is 0. The molecule has 0 aliphatic heterocycles. The van der Waals surface area contributed by atoms with Crippen LogP contribution in [0.2, 0.25) is 0 Å². The summed E-state index contributed by atoms with van der Waals surface area (Å²) >= 11 is 0. The second kappa shape index (κ2) is 11.5. The van der Waals surface area contributed by atoms with Crippen LogP contribution in [-0.4, -0.2) is 0 Å². The molecule has 0 rings (SSSR count). The van der Waals surface area contributed by atoms with Crippen molar-refractivity contribution in [3.05, 3.63) is 0 Å². The highest BCUT2D eigenvalue weighted by Crippen LogP contribution is 2.23. The van der Waals surface area contributed by atoms with E-state index < -0.39 is 0 Å². The predicted molar refractivity (Wildman–Crippen MR) is 75.8 cm³/mol. The number of unbranched alkanes of at least 4 members (excludes halogenated alkanes) is 3. The molecule has 98 valence electrons. The van der Waals surface area contributed by atoms with Crippen molar-refractivity contribution in [3.8, 4) is 0 Å². The van der Waals surface area contributed by atoms with Crippen molar-refractivity contribution in [2.45, 2.75) is 91.9 Å². The summed E-state index contributed by atoms with van der Waals surface area (Å²) in [6.07, 6.45) is 14.4.